The molecule has 1 aromatic heterocycles. The maximum Gasteiger partial charge on any atom is 0.256 e. The summed E-state index contributed by atoms with van der Waals surface area (Å²) in [4.78, 5) is 26.9. The van der Waals surface area contributed by atoms with Crippen molar-refractivity contribution in [2.75, 3.05) is 52.9 Å². The lowest BCUT2D eigenvalue weighted by Gasteiger charge is -2.21. The normalized spacial score (nSPS) is 13.8. The highest BCUT2D eigenvalue weighted by Gasteiger charge is 2.27. The average Bonchev–Trinajstić information content (AvgIpc) is 3.03. The third kappa shape index (κ3) is 6.47. The first kappa shape index (κ1) is 27.3. The number of methoxy groups -OCH3 is 2. The summed E-state index contributed by atoms with van der Waals surface area (Å²) in [6, 6.07) is 5.79. The summed E-state index contributed by atoms with van der Waals surface area (Å²) >= 11 is 1.45. The average molecular weight is 524 g/mol. The Balaban J connectivity index is 1.81. The number of aryl methyl sites for hydroxylation is 1. The molecule has 1 aliphatic carbocycles. The van der Waals surface area contributed by atoms with Gasteiger partial charge in [0.1, 0.15) is 5.00 Å². The molecule has 11 heteroatoms. The number of ether oxygens (including phenoxy) is 2. The Morgan fingerprint density at radius 2 is 1.60 bits per heavy atom. The molecular weight excluding hydrogens is 490 g/mol. The lowest BCUT2D eigenvalue weighted by molar-refractivity contribution is 0.0963. The highest BCUT2D eigenvalue weighted by molar-refractivity contribution is 7.89. The van der Waals surface area contributed by atoms with E-state index in [1.165, 1.54) is 54.1 Å². The van der Waals surface area contributed by atoms with Crippen molar-refractivity contribution in [2.24, 2.45) is 0 Å². The van der Waals surface area contributed by atoms with Crippen LogP contribution < -0.4 is 10.6 Å². The van der Waals surface area contributed by atoms with Gasteiger partial charge in [0.15, 0.2) is 0 Å². The molecule has 0 radical (unpaired) electrons. The lowest BCUT2D eigenvalue weighted by atomic mass is 10.0. The zero-order valence-corrected chi connectivity index (χ0v) is 22.0. The van der Waals surface area contributed by atoms with Crippen molar-refractivity contribution < 1.29 is 27.5 Å². The number of hydrogen-bond donors (Lipinski definition) is 2. The summed E-state index contributed by atoms with van der Waals surface area (Å²) in [5.41, 5.74) is 1.86. The number of nitrogens with zero attached hydrogens (tertiary/aromatic N) is 1. The minimum Gasteiger partial charge on any atom is -0.383 e. The van der Waals surface area contributed by atoms with E-state index < -0.39 is 15.9 Å². The SMILES string of the molecule is CNC(=O)c1c(NC(=O)c2ccc(S(=O)(=O)N(CCOC)CCOC)cc2)sc2c1CCCCC2. The first-order valence-corrected chi connectivity index (χ1v) is 13.8. The van der Waals surface area contributed by atoms with Gasteiger partial charge in [-0.15, -0.1) is 11.3 Å². The zero-order valence-electron chi connectivity index (χ0n) is 20.4. The van der Waals surface area contributed by atoms with Crippen LogP contribution in [-0.2, 0) is 32.3 Å². The molecule has 3 rings (SSSR count). The smallest absolute Gasteiger partial charge is 0.256 e. The molecule has 1 aromatic carbocycles. The lowest BCUT2D eigenvalue weighted by Crippen LogP contribution is -2.36. The molecule has 192 valence electrons. The van der Waals surface area contributed by atoms with Gasteiger partial charge in [0.25, 0.3) is 11.8 Å². The van der Waals surface area contributed by atoms with Gasteiger partial charge in [0, 0.05) is 44.8 Å². The Labute approximate surface area is 210 Å². The second-order valence-electron chi connectivity index (χ2n) is 8.22. The summed E-state index contributed by atoms with van der Waals surface area (Å²) in [6.45, 7) is 0.884. The molecule has 0 saturated heterocycles. The van der Waals surface area contributed by atoms with Crippen LogP contribution in [0.1, 0.15) is 50.4 Å². The number of rotatable bonds is 11. The van der Waals surface area contributed by atoms with Gasteiger partial charge in [0.05, 0.1) is 23.7 Å². The van der Waals surface area contributed by atoms with E-state index in [1.54, 1.807) is 7.05 Å². The van der Waals surface area contributed by atoms with Gasteiger partial charge >= 0.3 is 0 Å². The van der Waals surface area contributed by atoms with E-state index in [0.29, 0.717) is 16.1 Å². The number of benzene rings is 1. The van der Waals surface area contributed by atoms with E-state index in [1.807, 2.05) is 0 Å². The van der Waals surface area contributed by atoms with Crippen molar-refractivity contribution in [3.63, 3.8) is 0 Å². The minimum atomic E-state index is -3.78. The Kier molecular flexibility index (Phi) is 9.81. The van der Waals surface area contributed by atoms with Gasteiger partial charge in [0.2, 0.25) is 10.0 Å². The van der Waals surface area contributed by atoms with Crippen molar-refractivity contribution in [1.82, 2.24) is 9.62 Å². The molecule has 0 fully saturated rings. The van der Waals surface area contributed by atoms with Crippen molar-refractivity contribution in [3.05, 3.63) is 45.8 Å². The van der Waals surface area contributed by atoms with Crippen LogP contribution in [0.5, 0.6) is 0 Å². The fourth-order valence-corrected chi connectivity index (χ4v) is 6.73. The standard InChI is InChI=1S/C24H33N3O6S2/c1-25-23(29)21-19-7-5-4-6-8-20(19)34-24(21)26-22(28)17-9-11-18(12-10-17)35(30,31)27(13-15-32-2)14-16-33-3/h9-12H,4-8,13-16H2,1-3H3,(H,25,29)(H,26,28). The predicted octanol–water partition coefficient (Wildman–Crippen LogP) is 2.91. The van der Waals surface area contributed by atoms with Crippen molar-refractivity contribution >= 4 is 38.2 Å². The van der Waals surface area contributed by atoms with Gasteiger partial charge < -0.3 is 20.1 Å². The van der Waals surface area contributed by atoms with E-state index in [2.05, 4.69) is 10.6 Å². The molecule has 2 aromatic rings. The quantitative estimate of drug-likeness (QED) is 0.438. The van der Waals surface area contributed by atoms with Crippen LogP contribution in [0.25, 0.3) is 0 Å². The number of amides is 2. The van der Waals surface area contributed by atoms with Crippen LogP contribution in [0.2, 0.25) is 0 Å². The summed E-state index contributed by atoms with van der Waals surface area (Å²) in [7, 11) is 0.816. The molecule has 35 heavy (non-hydrogen) atoms. The molecule has 9 nitrogen and oxygen atoms in total. The number of nitrogens with one attached hydrogen (secondary N) is 2. The second-order valence-corrected chi connectivity index (χ2v) is 11.3. The van der Waals surface area contributed by atoms with Gasteiger partial charge in [-0.05, 0) is 55.5 Å². The minimum absolute atomic E-state index is 0.0788. The molecule has 0 atom stereocenters. The molecule has 0 saturated carbocycles. The number of carbonyl (C=O) groups excluding carboxylic acids is 2. The highest BCUT2D eigenvalue weighted by Crippen LogP contribution is 2.37. The Hall–Kier alpha value is -2.31. The van der Waals surface area contributed by atoms with E-state index in [-0.39, 0.29) is 37.1 Å². The molecule has 2 amide bonds. The number of hydrogen-bond acceptors (Lipinski definition) is 7. The van der Waals surface area contributed by atoms with Crippen LogP contribution in [0, 0.1) is 0 Å². The predicted molar refractivity (Wildman–Crippen MR) is 136 cm³/mol. The topological polar surface area (TPSA) is 114 Å². The zero-order chi connectivity index (χ0) is 25.4. The van der Waals surface area contributed by atoms with E-state index in [9.17, 15) is 18.0 Å². The van der Waals surface area contributed by atoms with E-state index in [4.69, 9.17) is 9.47 Å². The number of carbonyl (C=O) groups is 2. The number of fused-ring (bicyclic) bond motifs is 1. The Bertz CT molecular complexity index is 1120. The summed E-state index contributed by atoms with van der Waals surface area (Å²) < 4.78 is 37.5. The molecular formula is C24H33N3O6S2. The summed E-state index contributed by atoms with van der Waals surface area (Å²) in [5.74, 6) is -0.612. The monoisotopic (exact) mass is 523 g/mol. The maximum atomic E-state index is 13.1. The molecule has 1 aliphatic rings. The molecule has 0 aliphatic heterocycles. The van der Waals surface area contributed by atoms with E-state index >= 15 is 0 Å². The van der Waals surface area contributed by atoms with Gasteiger partial charge in [-0.1, -0.05) is 6.42 Å². The Morgan fingerprint density at radius 3 is 2.20 bits per heavy atom. The fourth-order valence-electron chi connectivity index (χ4n) is 4.04. The molecule has 1 heterocycles. The van der Waals surface area contributed by atoms with Crippen molar-refractivity contribution in [3.8, 4) is 0 Å². The van der Waals surface area contributed by atoms with Crippen LogP contribution >= 0.6 is 11.3 Å². The second kappa shape index (κ2) is 12.6. The third-order valence-electron chi connectivity index (χ3n) is 5.95. The number of thiophene rings is 1. The van der Waals surface area contributed by atoms with Crippen LogP contribution in [0.3, 0.4) is 0 Å². The third-order valence-corrected chi connectivity index (χ3v) is 9.07. The van der Waals surface area contributed by atoms with Crippen LogP contribution in [0.4, 0.5) is 5.00 Å². The molecule has 0 spiro atoms. The first-order valence-electron chi connectivity index (χ1n) is 11.6. The van der Waals surface area contributed by atoms with Gasteiger partial charge in [-0.3, -0.25) is 9.59 Å². The highest BCUT2D eigenvalue weighted by atomic mass is 32.2. The molecule has 2 N–H and O–H groups in total. The molecule has 0 unspecified atom stereocenters. The van der Waals surface area contributed by atoms with Crippen molar-refractivity contribution in [1.29, 1.82) is 0 Å². The molecule has 0 bridgehead atoms. The van der Waals surface area contributed by atoms with Crippen LogP contribution in [0.15, 0.2) is 29.2 Å². The largest absolute Gasteiger partial charge is 0.383 e. The van der Waals surface area contributed by atoms with Crippen molar-refractivity contribution in [2.45, 2.75) is 37.0 Å². The fraction of sp³-hybridized carbons (Fsp3) is 0.500. The van der Waals surface area contributed by atoms with E-state index in [0.717, 1.165) is 42.5 Å². The number of anilines is 1. The maximum absolute atomic E-state index is 13.1. The Morgan fingerprint density at radius 1 is 0.971 bits per heavy atom. The summed E-state index contributed by atoms with van der Waals surface area (Å²) in [5, 5.41) is 6.10. The first-order chi connectivity index (χ1) is 16.8. The summed E-state index contributed by atoms with van der Waals surface area (Å²) in [6.07, 6.45) is 4.92. The van der Waals surface area contributed by atoms with Gasteiger partial charge in [-0.2, -0.15) is 4.31 Å². The van der Waals surface area contributed by atoms with Gasteiger partial charge in [-0.25, -0.2) is 8.42 Å². The number of sulfonamides is 1. The van der Waals surface area contributed by atoms with Crippen LogP contribution in [-0.4, -0.2) is 72.1 Å².